The number of carbonyl (C=O) groups excluding carboxylic acids is 1. The monoisotopic (exact) mass is 257 g/mol. The van der Waals surface area contributed by atoms with Gasteiger partial charge in [-0.15, -0.1) is 11.8 Å². The lowest BCUT2D eigenvalue weighted by Crippen LogP contribution is -1.91. The quantitative estimate of drug-likeness (QED) is 0.605. The van der Waals surface area contributed by atoms with Crippen molar-refractivity contribution in [2.45, 2.75) is 18.2 Å². The van der Waals surface area contributed by atoms with E-state index in [2.05, 4.69) is 11.1 Å². The number of ketones is 1. The number of hydrogen-bond donors (Lipinski definition) is 0. The molecule has 0 radical (unpaired) electrons. The average molecular weight is 257 g/mol. The van der Waals surface area contributed by atoms with Crippen LogP contribution in [0.4, 0.5) is 0 Å². The fourth-order valence-electron chi connectivity index (χ4n) is 1.62. The minimum atomic E-state index is 0.113. The standard InChI is InChI=1S/C15H15NOS/c1-12(17)14-4-6-15(7-5-14)18-10-8-13-3-2-9-16-11-13/h2-7,9,11H,8,10H2,1H3. The van der Waals surface area contributed by atoms with Gasteiger partial charge in [-0.3, -0.25) is 9.78 Å². The highest BCUT2D eigenvalue weighted by Gasteiger charge is 2.00. The van der Waals surface area contributed by atoms with E-state index in [0.29, 0.717) is 0 Å². The summed E-state index contributed by atoms with van der Waals surface area (Å²) in [6.45, 7) is 1.59. The first-order chi connectivity index (χ1) is 8.75. The topological polar surface area (TPSA) is 30.0 Å². The fourth-order valence-corrected chi connectivity index (χ4v) is 2.52. The van der Waals surface area contributed by atoms with E-state index in [-0.39, 0.29) is 5.78 Å². The van der Waals surface area contributed by atoms with Crippen LogP contribution in [0.25, 0.3) is 0 Å². The second kappa shape index (κ2) is 6.36. The smallest absolute Gasteiger partial charge is 0.159 e. The number of pyridine rings is 1. The molecule has 2 aromatic rings. The SMILES string of the molecule is CC(=O)c1ccc(SCCc2cccnc2)cc1. The third-order valence-corrected chi connectivity index (χ3v) is 3.66. The minimum Gasteiger partial charge on any atom is -0.295 e. The van der Waals surface area contributed by atoms with Crippen molar-refractivity contribution in [3.63, 3.8) is 0 Å². The van der Waals surface area contributed by atoms with Gasteiger partial charge < -0.3 is 0 Å². The van der Waals surface area contributed by atoms with E-state index >= 15 is 0 Å². The normalized spacial score (nSPS) is 10.3. The van der Waals surface area contributed by atoms with Gasteiger partial charge in [0.05, 0.1) is 0 Å². The maximum Gasteiger partial charge on any atom is 0.159 e. The third-order valence-electron chi connectivity index (χ3n) is 2.64. The molecule has 0 aliphatic rings. The lowest BCUT2D eigenvalue weighted by molar-refractivity contribution is 0.101. The van der Waals surface area contributed by atoms with Crippen molar-refractivity contribution in [3.8, 4) is 0 Å². The maximum atomic E-state index is 11.1. The highest BCUT2D eigenvalue weighted by molar-refractivity contribution is 7.99. The summed E-state index contributed by atoms with van der Waals surface area (Å²) in [4.78, 5) is 16.4. The van der Waals surface area contributed by atoms with E-state index in [9.17, 15) is 4.79 Å². The van der Waals surface area contributed by atoms with Gasteiger partial charge in [-0.1, -0.05) is 18.2 Å². The molecule has 2 nitrogen and oxygen atoms in total. The van der Waals surface area contributed by atoms with Crippen LogP contribution in [0, 0.1) is 0 Å². The van der Waals surface area contributed by atoms with Crippen LogP contribution in [0.3, 0.4) is 0 Å². The van der Waals surface area contributed by atoms with Crippen LogP contribution in [-0.2, 0) is 6.42 Å². The number of aromatic nitrogens is 1. The Labute approximate surface area is 111 Å². The van der Waals surface area contributed by atoms with Crippen molar-refractivity contribution in [1.82, 2.24) is 4.98 Å². The molecule has 1 aromatic carbocycles. The summed E-state index contributed by atoms with van der Waals surface area (Å²) in [5.74, 6) is 1.13. The molecule has 0 fully saturated rings. The number of hydrogen-bond acceptors (Lipinski definition) is 3. The second-order valence-electron chi connectivity index (χ2n) is 4.04. The third kappa shape index (κ3) is 3.70. The first-order valence-electron chi connectivity index (χ1n) is 5.88. The maximum absolute atomic E-state index is 11.1. The van der Waals surface area contributed by atoms with Crippen molar-refractivity contribution in [3.05, 3.63) is 59.9 Å². The molecule has 0 bridgehead atoms. The van der Waals surface area contributed by atoms with E-state index < -0.39 is 0 Å². The molecule has 18 heavy (non-hydrogen) atoms. The summed E-state index contributed by atoms with van der Waals surface area (Å²) in [6.07, 6.45) is 4.70. The first-order valence-corrected chi connectivity index (χ1v) is 6.87. The molecule has 0 saturated heterocycles. The number of aryl methyl sites for hydroxylation is 1. The van der Waals surface area contributed by atoms with Gasteiger partial charge in [0.2, 0.25) is 0 Å². The Kier molecular flexibility index (Phi) is 4.53. The Hall–Kier alpha value is -1.61. The van der Waals surface area contributed by atoms with Gasteiger partial charge >= 0.3 is 0 Å². The summed E-state index contributed by atoms with van der Waals surface area (Å²) >= 11 is 1.80. The summed E-state index contributed by atoms with van der Waals surface area (Å²) in [6, 6.07) is 11.8. The molecular weight excluding hydrogens is 242 g/mol. The van der Waals surface area contributed by atoms with E-state index in [1.54, 1.807) is 24.9 Å². The zero-order valence-electron chi connectivity index (χ0n) is 10.3. The number of thioether (sulfide) groups is 1. The first kappa shape index (κ1) is 12.8. The summed E-state index contributed by atoms with van der Waals surface area (Å²) in [5, 5.41) is 0. The van der Waals surface area contributed by atoms with Crippen molar-refractivity contribution in [2.24, 2.45) is 0 Å². The number of Topliss-reactive ketones (excluding diaryl/α,β-unsaturated/α-hetero) is 1. The van der Waals surface area contributed by atoms with Crippen molar-refractivity contribution < 1.29 is 4.79 Å². The Balaban J connectivity index is 1.85. The number of rotatable bonds is 5. The van der Waals surface area contributed by atoms with Gasteiger partial charge in [0.25, 0.3) is 0 Å². The average Bonchev–Trinajstić information content (AvgIpc) is 2.40. The minimum absolute atomic E-state index is 0.113. The molecule has 0 aliphatic carbocycles. The second-order valence-corrected chi connectivity index (χ2v) is 5.21. The van der Waals surface area contributed by atoms with Gasteiger partial charge in [0.15, 0.2) is 5.78 Å². The molecule has 1 heterocycles. The van der Waals surface area contributed by atoms with Crippen molar-refractivity contribution in [2.75, 3.05) is 5.75 Å². The molecule has 0 unspecified atom stereocenters. The molecular formula is C15H15NOS. The molecule has 0 aliphatic heterocycles. The zero-order valence-corrected chi connectivity index (χ0v) is 11.1. The lowest BCUT2D eigenvalue weighted by atomic mass is 10.2. The van der Waals surface area contributed by atoms with Crippen LogP contribution in [-0.4, -0.2) is 16.5 Å². The van der Waals surface area contributed by atoms with E-state index in [1.165, 1.54) is 10.5 Å². The van der Waals surface area contributed by atoms with Crippen LogP contribution >= 0.6 is 11.8 Å². The molecule has 0 spiro atoms. The van der Waals surface area contributed by atoms with Crippen molar-refractivity contribution >= 4 is 17.5 Å². The summed E-state index contributed by atoms with van der Waals surface area (Å²) < 4.78 is 0. The van der Waals surface area contributed by atoms with E-state index in [1.807, 2.05) is 36.5 Å². The Bertz CT molecular complexity index is 508. The largest absolute Gasteiger partial charge is 0.295 e. The molecule has 0 N–H and O–H groups in total. The zero-order chi connectivity index (χ0) is 12.8. The Morgan fingerprint density at radius 2 is 2.00 bits per heavy atom. The molecule has 0 saturated carbocycles. The van der Waals surface area contributed by atoms with Gasteiger partial charge in [0, 0.05) is 28.6 Å². The fraction of sp³-hybridized carbons (Fsp3) is 0.200. The highest BCUT2D eigenvalue weighted by Crippen LogP contribution is 2.19. The Morgan fingerprint density at radius 1 is 1.22 bits per heavy atom. The van der Waals surface area contributed by atoms with Crippen molar-refractivity contribution in [1.29, 1.82) is 0 Å². The Morgan fingerprint density at radius 3 is 2.61 bits per heavy atom. The molecule has 3 heteroatoms. The molecule has 0 amide bonds. The van der Waals surface area contributed by atoms with Gasteiger partial charge in [-0.05, 0) is 37.1 Å². The summed E-state index contributed by atoms with van der Waals surface area (Å²) in [7, 11) is 0. The van der Waals surface area contributed by atoms with E-state index in [4.69, 9.17) is 0 Å². The van der Waals surface area contributed by atoms with Crippen LogP contribution in [0.2, 0.25) is 0 Å². The molecule has 92 valence electrons. The van der Waals surface area contributed by atoms with Crippen LogP contribution in [0.15, 0.2) is 53.7 Å². The summed E-state index contributed by atoms with van der Waals surface area (Å²) in [5.41, 5.74) is 2.02. The van der Waals surface area contributed by atoms with Crippen LogP contribution in [0.1, 0.15) is 22.8 Å². The van der Waals surface area contributed by atoms with Gasteiger partial charge in [0.1, 0.15) is 0 Å². The van der Waals surface area contributed by atoms with Gasteiger partial charge in [-0.25, -0.2) is 0 Å². The predicted octanol–water partition coefficient (Wildman–Crippen LogP) is 3.62. The molecule has 2 rings (SSSR count). The van der Waals surface area contributed by atoms with E-state index in [0.717, 1.165) is 17.7 Å². The van der Waals surface area contributed by atoms with Crippen LogP contribution in [0.5, 0.6) is 0 Å². The number of nitrogens with zero attached hydrogens (tertiary/aromatic N) is 1. The highest BCUT2D eigenvalue weighted by atomic mass is 32.2. The van der Waals surface area contributed by atoms with Crippen LogP contribution < -0.4 is 0 Å². The molecule has 0 atom stereocenters. The number of carbonyl (C=O) groups is 1. The lowest BCUT2D eigenvalue weighted by Gasteiger charge is -2.02. The van der Waals surface area contributed by atoms with Gasteiger partial charge in [-0.2, -0.15) is 0 Å². The predicted molar refractivity (Wildman–Crippen MR) is 75.1 cm³/mol. The number of benzene rings is 1. The molecule has 1 aromatic heterocycles.